The van der Waals surface area contributed by atoms with Crippen LogP contribution in [0.4, 0.5) is 0 Å². The third-order valence-corrected chi connectivity index (χ3v) is 11.2. The zero-order valence-corrected chi connectivity index (χ0v) is 22.1. The van der Waals surface area contributed by atoms with Gasteiger partial charge in [-0.15, -0.1) is 0 Å². The van der Waals surface area contributed by atoms with Crippen LogP contribution in [0, 0.1) is 10.8 Å². The molecule has 2 aromatic carbocycles. The van der Waals surface area contributed by atoms with E-state index < -0.39 is 8.32 Å². The van der Waals surface area contributed by atoms with Gasteiger partial charge in [-0.1, -0.05) is 97.9 Å². The summed E-state index contributed by atoms with van der Waals surface area (Å²) in [5, 5.41) is 0.156. The highest BCUT2D eigenvalue weighted by molar-refractivity contribution is 6.74. The third kappa shape index (κ3) is 4.62. The summed E-state index contributed by atoms with van der Waals surface area (Å²) in [6.07, 6.45) is -0.0112. The lowest BCUT2D eigenvalue weighted by Crippen LogP contribution is -2.43. The highest BCUT2D eigenvalue weighted by atomic mass is 28.4. The molecule has 3 rings (SSSR count). The van der Waals surface area contributed by atoms with Crippen molar-refractivity contribution in [2.45, 2.75) is 79.6 Å². The molecule has 0 amide bonds. The summed E-state index contributed by atoms with van der Waals surface area (Å²) in [5.41, 5.74) is 3.55. The van der Waals surface area contributed by atoms with E-state index in [-0.39, 0.29) is 22.0 Å². The van der Waals surface area contributed by atoms with Crippen LogP contribution in [-0.2, 0) is 4.74 Å². The lowest BCUT2D eigenvalue weighted by Gasteiger charge is -2.36. The SMILES string of the molecule is CC(C)(C)C1=C(c2cccc(O[Si](C)(C)C(C)(C)C)c2)OC(c2ccccc2)C1(C)C. The summed E-state index contributed by atoms with van der Waals surface area (Å²) in [6, 6.07) is 19.1. The zero-order valence-electron chi connectivity index (χ0n) is 21.1. The van der Waals surface area contributed by atoms with Gasteiger partial charge in [0.1, 0.15) is 17.6 Å². The van der Waals surface area contributed by atoms with E-state index in [1.807, 2.05) is 0 Å². The summed E-state index contributed by atoms with van der Waals surface area (Å²) in [7, 11) is -1.91. The summed E-state index contributed by atoms with van der Waals surface area (Å²) in [4.78, 5) is 0. The van der Waals surface area contributed by atoms with E-state index in [4.69, 9.17) is 9.16 Å². The maximum absolute atomic E-state index is 6.78. The van der Waals surface area contributed by atoms with Crippen LogP contribution >= 0.6 is 0 Å². The van der Waals surface area contributed by atoms with Gasteiger partial charge in [-0.2, -0.15) is 0 Å². The summed E-state index contributed by atoms with van der Waals surface area (Å²) in [5.74, 6) is 1.95. The standard InChI is InChI=1S/C28H40O2Si/c1-26(2,3)24-23(29-25(28(24,7)8)20-15-12-11-13-16-20)21-17-14-18-22(19-21)30-31(9,10)27(4,5)6/h11-19,25H,1-10H3. The van der Waals surface area contributed by atoms with Crippen LogP contribution in [0.3, 0.4) is 0 Å². The number of hydrogen-bond acceptors (Lipinski definition) is 2. The Morgan fingerprint density at radius 3 is 2.03 bits per heavy atom. The van der Waals surface area contributed by atoms with Crippen molar-refractivity contribution in [2.75, 3.05) is 0 Å². The van der Waals surface area contributed by atoms with Gasteiger partial charge >= 0.3 is 0 Å². The van der Waals surface area contributed by atoms with Crippen LogP contribution in [0.2, 0.25) is 18.1 Å². The third-order valence-electron chi connectivity index (χ3n) is 6.89. The summed E-state index contributed by atoms with van der Waals surface area (Å²) >= 11 is 0. The average Bonchev–Trinajstić information content (AvgIpc) is 2.92. The van der Waals surface area contributed by atoms with Crippen LogP contribution in [0.25, 0.3) is 5.76 Å². The number of benzene rings is 2. The van der Waals surface area contributed by atoms with E-state index in [9.17, 15) is 0 Å². The largest absolute Gasteiger partial charge is 0.543 e. The normalized spacial score (nSPS) is 19.4. The fourth-order valence-electron chi connectivity index (χ4n) is 4.53. The van der Waals surface area contributed by atoms with Crippen LogP contribution in [0.15, 0.2) is 60.2 Å². The topological polar surface area (TPSA) is 18.5 Å². The molecule has 0 saturated heterocycles. The van der Waals surface area contributed by atoms with Gasteiger partial charge in [0.25, 0.3) is 0 Å². The molecule has 1 unspecified atom stereocenters. The Kier molecular flexibility index (Phi) is 5.99. The van der Waals surface area contributed by atoms with Gasteiger partial charge in [-0.3, -0.25) is 0 Å². The predicted molar refractivity (Wildman–Crippen MR) is 135 cm³/mol. The lowest BCUT2D eigenvalue weighted by atomic mass is 9.67. The Morgan fingerprint density at radius 2 is 1.48 bits per heavy atom. The van der Waals surface area contributed by atoms with Gasteiger partial charge in [-0.05, 0) is 46.8 Å². The first kappa shape index (κ1) is 23.7. The molecule has 1 heterocycles. The van der Waals surface area contributed by atoms with E-state index in [0.29, 0.717) is 0 Å². The van der Waals surface area contributed by atoms with Crippen molar-refractivity contribution >= 4 is 14.1 Å². The van der Waals surface area contributed by atoms with E-state index in [2.05, 4.69) is 123 Å². The predicted octanol–water partition coefficient (Wildman–Crippen LogP) is 8.63. The molecule has 0 spiro atoms. The van der Waals surface area contributed by atoms with Crippen LogP contribution in [0.5, 0.6) is 5.75 Å². The average molecular weight is 437 g/mol. The van der Waals surface area contributed by atoms with Crippen LogP contribution < -0.4 is 4.43 Å². The Bertz CT molecular complexity index is 956. The van der Waals surface area contributed by atoms with E-state index in [1.54, 1.807) is 0 Å². The van der Waals surface area contributed by atoms with Gasteiger partial charge in [0.2, 0.25) is 8.32 Å². The van der Waals surface area contributed by atoms with Crippen LogP contribution in [-0.4, -0.2) is 8.32 Å². The van der Waals surface area contributed by atoms with E-state index >= 15 is 0 Å². The minimum Gasteiger partial charge on any atom is -0.543 e. The van der Waals surface area contributed by atoms with Crippen molar-refractivity contribution in [3.63, 3.8) is 0 Å². The second-order valence-corrected chi connectivity index (χ2v) is 16.7. The quantitative estimate of drug-likeness (QED) is 0.446. The molecule has 1 aliphatic rings. The van der Waals surface area contributed by atoms with E-state index in [0.717, 1.165) is 17.1 Å². The van der Waals surface area contributed by atoms with Gasteiger partial charge < -0.3 is 9.16 Å². The maximum atomic E-state index is 6.78. The fourth-order valence-corrected chi connectivity index (χ4v) is 5.55. The minimum atomic E-state index is -1.91. The monoisotopic (exact) mass is 436 g/mol. The molecule has 1 aliphatic heterocycles. The molecule has 0 aromatic heterocycles. The molecule has 0 saturated carbocycles. The Morgan fingerprint density at radius 1 is 0.871 bits per heavy atom. The number of hydrogen-bond donors (Lipinski definition) is 0. The summed E-state index contributed by atoms with van der Waals surface area (Å²) in [6.45, 7) is 22.9. The molecule has 2 aromatic rings. The van der Waals surface area contributed by atoms with Crippen molar-refractivity contribution < 1.29 is 9.16 Å². The van der Waals surface area contributed by atoms with E-state index in [1.165, 1.54) is 11.1 Å². The molecule has 0 fully saturated rings. The molecule has 2 nitrogen and oxygen atoms in total. The molecular weight excluding hydrogens is 396 g/mol. The molecular formula is C28H40O2Si. The Labute approximate surface area is 190 Å². The van der Waals surface area contributed by atoms with Crippen molar-refractivity contribution in [3.8, 4) is 5.75 Å². The molecule has 0 aliphatic carbocycles. The van der Waals surface area contributed by atoms with Gasteiger partial charge in [-0.25, -0.2) is 0 Å². The molecule has 0 radical (unpaired) electrons. The van der Waals surface area contributed by atoms with Gasteiger partial charge in [0.05, 0.1) is 0 Å². The lowest BCUT2D eigenvalue weighted by molar-refractivity contribution is 0.100. The van der Waals surface area contributed by atoms with Crippen LogP contribution in [0.1, 0.15) is 72.6 Å². The molecule has 168 valence electrons. The highest BCUT2D eigenvalue weighted by Crippen LogP contribution is 2.58. The Balaban J connectivity index is 2.07. The highest BCUT2D eigenvalue weighted by Gasteiger charge is 2.48. The fraction of sp³-hybridized carbons (Fsp3) is 0.500. The second kappa shape index (κ2) is 7.85. The van der Waals surface area contributed by atoms with Crippen molar-refractivity contribution in [1.82, 2.24) is 0 Å². The van der Waals surface area contributed by atoms with Gasteiger partial charge in [0, 0.05) is 11.0 Å². The first-order valence-corrected chi connectivity index (χ1v) is 14.3. The second-order valence-electron chi connectivity index (χ2n) is 12.0. The molecule has 31 heavy (non-hydrogen) atoms. The molecule has 0 N–H and O–H groups in total. The molecule has 3 heteroatoms. The zero-order chi connectivity index (χ0) is 23.2. The number of ether oxygens (including phenoxy) is 1. The first-order valence-electron chi connectivity index (χ1n) is 11.4. The Hall–Kier alpha value is -2.00. The van der Waals surface area contributed by atoms with Crippen molar-refractivity contribution in [3.05, 3.63) is 71.3 Å². The number of rotatable bonds is 4. The van der Waals surface area contributed by atoms with Crippen molar-refractivity contribution in [1.29, 1.82) is 0 Å². The maximum Gasteiger partial charge on any atom is 0.250 e. The van der Waals surface area contributed by atoms with Crippen molar-refractivity contribution in [2.24, 2.45) is 10.8 Å². The molecule has 1 atom stereocenters. The van der Waals surface area contributed by atoms with Gasteiger partial charge in [0.15, 0.2) is 0 Å². The molecule has 0 bridgehead atoms. The first-order chi connectivity index (χ1) is 14.1. The summed E-state index contributed by atoms with van der Waals surface area (Å²) < 4.78 is 13.4. The minimum absolute atomic E-state index is 0.0112. The smallest absolute Gasteiger partial charge is 0.250 e.